The maximum absolute atomic E-state index is 12.0. The van der Waals surface area contributed by atoms with E-state index in [1.54, 1.807) is 24.3 Å². The molecule has 110 valence electrons. The summed E-state index contributed by atoms with van der Waals surface area (Å²) >= 11 is 0. The SMILES string of the molecule is CCCCOc1ccc(C(=O)N=C(N)C(C)(C)C)cc1. The molecule has 2 N–H and O–H groups in total. The van der Waals surface area contributed by atoms with Gasteiger partial charge in [-0.2, -0.15) is 4.99 Å². The van der Waals surface area contributed by atoms with Crippen LogP contribution in [-0.4, -0.2) is 18.3 Å². The van der Waals surface area contributed by atoms with Crippen molar-refractivity contribution < 1.29 is 9.53 Å². The van der Waals surface area contributed by atoms with Gasteiger partial charge in [-0.1, -0.05) is 34.1 Å². The van der Waals surface area contributed by atoms with Crippen molar-refractivity contribution in [1.82, 2.24) is 0 Å². The average molecular weight is 276 g/mol. The van der Waals surface area contributed by atoms with Gasteiger partial charge in [-0.05, 0) is 30.7 Å². The van der Waals surface area contributed by atoms with Gasteiger partial charge in [-0.3, -0.25) is 4.79 Å². The summed E-state index contributed by atoms with van der Waals surface area (Å²) in [6.07, 6.45) is 2.12. The highest BCUT2D eigenvalue weighted by atomic mass is 16.5. The Labute approximate surface area is 121 Å². The van der Waals surface area contributed by atoms with Crippen LogP contribution in [-0.2, 0) is 0 Å². The van der Waals surface area contributed by atoms with Gasteiger partial charge in [0.25, 0.3) is 5.91 Å². The zero-order chi connectivity index (χ0) is 15.2. The number of nitrogens with two attached hydrogens (primary N) is 1. The smallest absolute Gasteiger partial charge is 0.278 e. The summed E-state index contributed by atoms with van der Waals surface area (Å²) in [6.45, 7) is 8.57. The monoisotopic (exact) mass is 276 g/mol. The molecule has 0 fully saturated rings. The molecule has 0 spiro atoms. The van der Waals surface area contributed by atoms with Gasteiger partial charge in [0.1, 0.15) is 11.6 Å². The Bertz CT molecular complexity index is 470. The van der Waals surface area contributed by atoms with Crippen LogP contribution in [0.4, 0.5) is 0 Å². The second-order valence-corrected chi connectivity index (χ2v) is 5.78. The molecule has 4 nitrogen and oxygen atoms in total. The molecule has 0 unspecified atom stereocenters. The first-order valence-electron chi connectivity index (χ1n) is 6.96. The number of carbonyl (C=O) groups excluding carboxylic acids is 1. The molecular weight excluding hydrogens is 252 g/mol. The second kappa shape index (κ2) is 7.08. The number of hydrogen-bond acceptors (Lipinski definition) is 2. The van der Waals surface area contributed by atoms with Crippen molar-refractivity contribution in [2.75, 3.05) is 6.61 Å². The number of rotatable bonds is 5. The molecule has 4 heteroatoms. The first-order chi connectivity index (χ1) is 9.34. The number of amidine groups is 1. The lowest BCUT2D eigenvalue weighted by molar-refractivity contribution is 0.100. The van der Waals surface area contributed by atoms with Crippen molar-refractivity contribution in [3.8, 4) is 5.75 Å². The summed E-state index contributed by atoms with van der Waals surface area (Å²) in [4.78, 5) is 15.9. The van der Waals surface area contributed by atoms with Crippen molar-refractivity contribution in [1.29, 1.82) is 0 Å². The fourth-order valence-electron chi connectivity index (χ4n) is 1.37. The Morgan fingerprint density at radius 2 is 1.85 bits per heavy atom. The molecule has 1 aromatic rings. The van der Waals surface area contributed by atoms with Gasteiger partial charge in [-0.25, -0.2) is 0 Å². The standard InChI is InChI=1S/C16H24N2O2/c1-5-6-11-20-13-9-7-12(8-10-13)14(19)18-15(17)16(2,3)4/h7-10H,5-6,11H2,1-4H3,(H2,17,18,19). The Balaban J connectivity index is 2.71. The van der Waals surface area contributed by atoms with E-state index in [1.807, 2.05) is 20.8 Å². The molecule has 0 saturated heterocycles. The third-order valence-electron chi connectivity index (χ3n) is 2.86. The van der Waals surface area contributed by atoms with Gasteiger partial charge in [-0.15, -0.1) is 0 Å². The van der Waals surface area contributed by atoms with Crippen LogP contribution >= 0.6 is 0 Å². The van der Waals surface area contributed by atoms with Crippen molar-refractivity contribution in [3.05, 3.63) is 29.8 Å². The van der Waals surface area contributed by atoms with E-state index in [0.29, 0.717) is 18.0 Å². The molecule has 0 radical (unpaired) electrons. The fourth-order valence-corrected chi connectivity index (χ4v) is 1.37. The van der Waals surface area contributed by atoms with Gasteiger partial charge in [0, 0.05) is 11.0 Å². The lowest BCUT2D eigenvalue weighted by Crippen LogP contribution is -2.30. The number of unbranched alkanes of at least 4 members (excludes halogenated alkanes) is 1. The number of ether oxygens (including phenoxy) is 1. The van der Waals surface area contributed by atoms with E-state index in [-0.39, 0.29) is 11.3 Å². The van der Waals surface area contributed by atoms with Crippen LogP contribution in [0.5, 0.6) is 5.75 Å². The minimum absolute atomic E-state index is 0.307. The Morgan fingerprint density at radius 3 is 2.35 bits per heavy atom. The highest BCUT2D eigenvalue weighted by Crippen LogP contribution is 2.16. The predicted molar refractivity (Wildman–Crippen MR) is 82.3 cm³/mol. The molecule has 0 atom stereocenters. The van der Waals surface area contributed by atoms with Crippen molar-refractivity contribution in [2.45, 2.75) is 40.5 Å². The predicted octanol–water partition coefficient (Wildman–Crippen LogP) is 3.41. The number of amides is 1. The molecule has 1 rings (SSSR count). The zero-order valence-electron chi connectivity index (χ0n) is 12.8. The average Bonchev–Trinajstić information content (AvgIpc) is 2.38. The highest BCUT2D eigenvalue weighted by molar-refractivity contribution is 6.04. The van der Waals surface area contributed by atoms with Gasteiger partial charge >= 0.3 is 0 Å². The van der Waals surface area contributed by atoms with Crippen LogP contribution in [0, 0.1) is 5.41 Å². The first-order valence-corrected chi connectivity index (χ1v) is 6.96. The highest BCUT2D eigenvalue weighted by Gasteiger charge is 2.17. The maximum Gasteiger partial charge on any atom is 0.278 e. The number of aliphatic imine (C=N–C) groups is 1. The molecule has 0 aliphatic rings. The summed E-state index contributed by atoms with van der Waals surface area (Å²) in [7, 11) is 0. The van der Waals surface area contributed by atoms with E-state index in [0.717, 1.165) is 18.6 Å². The summed E-state index contributed by atoms with van der Waals surface area (Å²) in [5.41, 5.74) is 6.01. The Morgan fingerprint density at radius 1 is 1.25 bits per heavy atom. The maximum atomic E-state index is 12.0. The summed E-state index contributed by atoms with van der Waals surface area (Å²) in [5, 5.41) is 0. The minimum atomic E-state index is -0.322. The van der Waals surface area contributed by atoms with Crippen LogP contribution in [0.2, 0.25) is 0 Å². The van der Waals surface area contributed by atoms with E-state index in [9.17, 15) is 4.79 Å². The van der Waals surface area contributed by atoms with E-state index < -0.39 is 0 Å². The normalized spacial score (nSPS) is 12.3. The van der Waals surface area contributed by atoms with Crippen LogP contribution in [0.25, 0.3) is 0 Å². The quantitative estimate of drug-likeness (QED) is 0.509. The topological polar surface area (TPSA) is 64.7 Å². The number of nitrogens with zero attached hydrogens (tertiary/aromatic N) is 1. The summed E-state index contributed by atoms with van der Waals surface area (Å²) in [5.74, 6) is 0.783. The summed E-state index contributed by atoms with van der Waals surface area (Å²) < 4.78 is 5.54. The van der Waals surface area contributed by atoms with Gasteiger partial charge in [0.15, 0.2) is 0 Å². The van der Waals surface area contributed by atoms with Crippen LogP contribution in [0.15, 0.2) is 29.3 Å². The molecule has 1 amide bonds. The molecule has 20 heavy (non-hydrogen) atoms. The van der Waals surface area contributed by atoms with E-state index in [2.05, 4.69) is 11.9 Å². The van der Waals surface area contributed by atoms with Crippen LogP contribution in [0.3, 0.4) is 0 Å². The summed E-state index contributed by atoms with van der Waals surface area (Å²) in [6, 6.07) is 6.99. The van der Waals surface area contributed by atoms with E-state index in [1.165, 1.54) is 0 Å². The lowest BCUT2D eigenvalue weighted by atomic mass is 9.95. The lowest BCUT2D eigenvalue weighted by Gasteiger charge is -2.16. The van der Waals surface area contributed by atoms with E-state index >= 15 is 0 Å². The van der Waals surface area contributed by atoms with E-state index in [4.69, 9.17) is 10.5 Å². The van der Waals surface area contributed by atoms with Crippen molar-refractivity contribution in [3.63, 3.8) is 0 Å². The zero-order valence-corrected chi connectivity index (χ0v) is 12.8. The largest absolute Gasteiger partial charge is 0.494 e. The van der Waals surface area contributed by atoms with Crippen molar-refractivity contribution >= 4 is 11.7 Å². The Hall–Kier alpha value is -1.84. The molecule has 0 aliphatic carbocycles. The van der Waals surface area contributed by atoms with Gasteiger partial charge in [0.2, 0.25) is 0 Å². The number of hydrogen-bond donors (Lipinski definition) is 1. The number of carbonyl (C=O) groups is 1. The third kappa shape index (κ3) is 5.03. The van der Waals surface area contributed by atoms with Crippen molar-refractivity contribution in [2.24, 2.45) is 16.1 Å². The first kappa shape index (κ1) is 16.2. The molecule has 0 aromatic heterocycles. The number of benzene rings is 1. The molecule has 0 heterocycles. The molecule has 0 saturated carbocycles. The van der Waals surface area contributed by atoms with Gasteiger partial charge in [0.05, 0.1) is 6.61 Å². The van der Waals surface area contributed by atoms with Crippen LogP contribution < -0.4 is 10.5 Å². The molecule has 0 bridgehead atoms. The fraction of sp³-hybridized carbons (Fsp3) is 0.500. The van der Waals surface area contributed by atoms with Gasteiger partial charge < -0.3 is 10.5 Å². The minimum Gasteiger partial charge on any atom is -0.494 e. The third-order valence-corrected chi connectivity index (χ3v) is 2.86. The molecule has 1 aromatic carbocycles. The second-order valence-electron chi connectivity index (χ2n) is 5.78. The Kier molecular flexibility index (Phi) is 5.74. The molecule has 0 aliphatic heterocycles. The van der Waals surface area contributed by atoms with Crippen LogP contribution in [0.1, 0.15) is 50.9 Å². The molecular formula is C16H24N2O2.